The minimum Gasteiger partial charge on any atom is -0.497 e. The molecule has 202 valence electrons. The van der Waals surface area contributed by atoms with Gasteiger partial charge in [-0.1, -0.05) is 23.9 Å². The SMILES string of the molecule is COc1ccc(CCN2C(=O)[C@H](CC(=O)Nc3ccc(OC)cc3[N+](=O)[O-])SC2=Nc2ccc(F)cc2)cc1. The van der Waals surface area contributed by atoms with Gasteiger partial charge in [-0.15, -0.1) is 0 Å². The van der Waals surface area contributed by atoms with Gasteiger partial charge in [-0.2, -0.15) is 0 Å². The Bertz CT molecular complexity index is 1400. The Kier molecular flexibility index (Phi) is 8.77. The maximum atomic E-state index is 13.4. The van der Waals surface area contributed by atoms with Crippen LogP contribution >= 0.6 is 11.8 Å². The van der Waals surface area contributed by atoms with E-state index in [1.165, 1.54) is 54.5 Å². The zero-order chi connectivity index (χ0) is 27.9. The number of amides is 2. The molecule has 1 aliphatic heterocycles. The first-order valence-electron chi connectivity index (χ1n) is 11.8. The van der Waals surface area contributed by atoms with Crippen molar-refractivity contribution in [1.82, 2.24) is 4.90 Å². The summed E-state index contributed by atoms with van der Waals surface area (Å²) in [6.45, 7) is 0.306. The van der Waals surface area contributed by atoms with Crippen LogP contribution in [-0.4, -0.2) is 52.8 Å². The maximum Gasteiger partial charge on any atom is 0.296 e. The Balaban J connectivity index is 1.51. The number of rotatable bonds is 10. The standard InChI is InChI=1S/C27H25FN4O6S/c1-37-20-9-3-17(4-10-20)13-14-31-26(34)24(39-27(31)29-19-7-5-18(28)6-8-19)16-25(33)30-22-12-11-21(38-2)15-23(22)32(35)36/h3-12,15,24H,13-14,16H2,1-2H3,(H,30,33)/t24-/m0/s1. The van der Waals surface area contributed by atoms with Crippen molar-refractivity contribution in [2.75, 3.05) is 26.1 Å². The summed E-state index contributed by atoms with van der Waals surface area (Å²) in [7, 11) is 2.96. The maximum absolute atomic E-state index is 13.4. The van der Waals surface area contributed by atoms with Crippen LogP contribution in [0.15, 0.2) is 71.7 Å². The number of benzene rings is 3. The monoisotopic (exact) mass is 552 g/mol. The highest BCUT2D eigenvalue weighted by atomic mass is 32.2. The molecule has 1 saturated heterocycles. The molecule has 1 fully saturated rings. The van der Waals surface area contributed by atoms with Crippen LogP contribution in [0.25, 0.3) is 0 Å². The zero-order valence-electron chi connectivity index (χ0n) is 21.1. The number of hydrogen-bond acceptors (Lipinski definition) is 8. The number of nitro benzene ring substituents is 1. The second-order valence-electron chi connectivity index (χ2n) is 8.46. The van der Waals surface area contributed by atoms with E-state index in [2.05, 4.69) is 10.3 Å². The number of amidine groups is 1. The lowest BCUT2D eigenvalue weighted by Crippen LogP contribution is -2.35. The minimum atomic E-state index is -0.794. The van der Waals surface area contributed by atoms with Crippen molar-refractivity contribution < 1.29 is 28.4 Å². The lowest BCUT2D eigenvalue weighted by molar-refractivity contribution is -0.384. The third-order valence-corrected chi connectivity index (χ3v) is 7.08. The van der Waals surface area contributed by atoms with Crippen LogP contribution in [-0.2, 0) is 16.0 Å². The number of carbonyl (C=O) groups excluding carboxylic acids is 2. The molecule has 0 bridgehead atoms. The van der Waals surface area contributed by atoms with Crippen LogP contribution in [0.4, 0.5) is 21.5 Å². The van der Waals surface area contributed by atoms with E-state index < -0.39 is 21.9 Å². The molecule has 39 heavy (non-hydrogen) atoms. The summed E-state index contributed by atoms with van der Waals surface area (Å²) in [4.78, 5) is 43.1. The van der Waals surface area contributed by atoms with E-state index in [4.69, 9.17) is 9.47 Å². The number of methoxy groups -OCH3 is 2. The number of thioether (sulfide) groups is 1. The molecule has 3 aromatic rings. The van der Waals surface area contributed by atoms with Crippen molar-refractivity contribution in [3.8, 4) is 11.5 Å². The molecule has 10 nitrogen and oxygen atoms in total. The lowest BCUT2D eigenvalue weighted by Gasteiger charge is -2.17. The number of halogens is 1. The molecule has 0 radical (unpaired) electrons. The summed E-state index contributed by atoms with van der Waals surface area (Å²) in [5, 5.41) is 13.6. The first kappa shape index (κ1) is 27.6. The molecular formula is C27H25FN4O6S. The van der Waals surface area contributed by atoms with E-state index in [9.17, 15) is 24.1 Å². The molecule has 3 aromatic carbocycles. The molecular weight excluding hydrogens is 527 g/mol. The number of ether oxygens (including phenoxy) is 2. The molecule has 0 saturated carbocycles. The van der Waals surface area contributed by atoms with Crippen LogP contribution in [0, 0.1) is 15.9 Å². The Hall–Kier alpha value is -4.45. The van der Waals surface area contributed by atoms with Gasteiger partial charge in [0.15, 0.2) is 5.17 Å². The molecule has 1 N–H and O–H groups in total. The molecule has 0 spiro atoms. The van der Waals surface area contributed by atoms with Crippen LogP contribution in [0.5, 0.6) is 11.5 Å². The van der Waals surface area contributed by atoms with Crippen molar-refractivity contribution in [1.29, 1.82) is 0 Å². The molecule has 0 unspecified atom stereocenters. The summed E-state index contributed by atoms with van der Waals surface area (Å²) >= 11 is 1.12. The van der Waals surface area contributed by atoms with Gasteiger partial charge in [0, 0.05) is 13.0 Å². The summed E-state index contributed by atoms with van der Waals surface area (Å²) in [6.07, 6.45) is 0.295. The summed E-state index contributed by atoms with van der Waals surface area (Å²) in [5.74, 6) is -0.294. The average Bonchev–Trinajstić information content (AvgIpc) is 3.22. The average molecular weight is 553 g/mol. The Morgan fingerprint density at radius 2 is 1.74 bits per heavy atom. The first-order valence-corrected chi connectivity index (χ1v) is 12.7. The van der Waals surface area contributed by atoms with E-state index in [1.807, 2.05) is 24.3 Å². The Morgan fingerprint density at radius 1 is 1.08 bits per heavy atom. The molecule has 2 amide bonds. The summed E-state index contributed by atoms with van der Waals surface area (Å²) < 4.78 is 23.6. The van der Waals surface area contributed by atoms with E-state index >= 15 is 0 Å². The smallest absolute Gasteiger partial charge is 0.296 e. The fraction of sp³-hybridized carbons (Fsp3) is 0.222. The number of nitrogens with one attached hydrogen (secondary N) is 1. The van der Waals surface area contributed by atoms with Gasteiger partial charge in [0.05, 0.1) is 30.9 Å². The first-order chi connectivity index (χ1) is 18.8. The van der Waals surface area contributed by atoms with Gasteiger partial charge in [0.2, 0.25) is 11.8 Å². The topological polar surface area (TPSA) is 123 Å². The number of carbonyl (C=O) groups is 2. The third kappa shape index (κ3) is 6.90. The van der Waals surface area contributed by atoms with Crippen molar-refractivity contribution >= 4 is 45.8 Å². The van der Waals surface area contributed by atoms with E-state index in [1.54, 1.807) is 7.11 Å². The van der Waals surface area contributed by atoms with E-state index in [0.29, 0.717) is 29.6 Å². The predicted octanol–water partition coefficient (Wildman–Crippen LogP) is 4.95. The number of nitro groups is 1. The molecule has 12 heteroatoms. The third-order valence-electron chi connectivity index (χ3n) is 5.90. The van der Waals surface area contributed by atoms with Crippen molar-refractivity contribution in [3.63, 3.8) is 0 Å². The summed E-state index contributed by atoms with van der Waals surface area (Å²) in [6, 6.07) is 17.1. The van der Waals surface area contributed by atoms with Crippen LogP contribution in [0.1, 0.15) is 12.0 Å². The molecule has 0 aromatic heterocycles. The largest absolute Gasteiger partial charge is 0.497 e. The molecule has 0 aliphatic carbocycles. The van der Waals surface area contributed by atoms with Gasteiger partial charge in [0.25, 0.3) is 5.69 Å². The molecule has 1 aliphatic rings. The predicted molar refractivity (Wildman–Crippen MR) is 146 cm³/mol. The lowest BCUT2D eigenvalue weighted by atomic mass is 10.1. The van der Waals surface area contributed by atoms with Crippen molar-refractivity contribution in [2.45, 2.75) is 18.1 Å². The molecule has 4 rings (SSSR count). The number of hydrogen-bond donors (Lipinski definition) is 1. The second kappa shape index (κ2) is 12.4. The van der Waals surface area contributed by atoms with Crippen molar-refractivity contribution in [2.24, 2.45) is 4.99 Å². The Morgan fingerprint density at radius 3 is 2.38 bits per heavy atom. The number of anilines is 1. The Labute approximate surface area is 228 Å². The fourth-order valence-corrected chi connectivity index (χ4v) is 5.04. The highest BCUT2D eigenvalue weighted by Gasteiger charge is 2.39. The zero-order valence-corrected chi connectivity index (χ0v) is 21.9. The normalized spacial score (nSPS) is 15.9. The van der Waals surface area contributed by atoms with E-state index in [-0.39, 0.29) is 29.5 Å². The van der Waals surface area contributed by atoms with Gasteiger partial charge in [-0.25, -0.2) is 9.38 Å². The highest BCUT2D eigenvalue weighted by Crippen LogP contribution is 2.33. The van der Waals surface area contributed by atoms with Crippen LogP contribution < -0.4 is 14.8 Å². The van der Waals surface area contributed by atoms with Gasteiger partial charge in [0.1, 0.15) is 28.3 Å². The minimum absolute atomic E-state index is 0.00203. The van der Waals surface area contributed by atoms with Crippen LogP contribution in [0.2, 0.25) is 0 Å². The molecule has 1 atom stereocenters. The number of aliphatic imine (C=N–C) groups is 1. The summed E-state index contributed by atoms with van der Waals surface area (Å²) in [5.41, 5.74) is 1.11. The van der Waals surface area contributed by atoms with Gasteiger partial charge >= 0.3 is 0 Å². The molecule has 1 heterocycles. The highest BCUT2D eigenvalue weighted by molar-refractivity contribution is 8.15. The fourth-order valence-electron chi connectivity index (χ4n) is 3.85. The van der Waals surface area contributed by atoms with Gasteiger partial charge < -0.3 is 14.8 Å². The quantitative estimate of drug-likeness (QED) is 0.279. The van der Waals surface area contributed by atoms with E-state index in [0.717, 1.165) is 17.3 Å². The van der Waals surface area contributed by atoms with Gasteiger partial charge in [-0.3, -0.25) is 24.6 Å². The number of nitrogens with zero attached hydrogens (tertiary/aromatic N) is 3. The van der Waals surface area contributed by atoms with Crippen molar-refractivity contribution in [3.05, 3.63) is 88.2 Å². The van der Waals surface area contributed by atoms with Gasteiger partial charge in [-0.05, 0) is 60.5 Å². The second-order valence-corrected chi connectivity index (χ2v) is 9.63. The van der Waals surface area contributed by atoms with Crippen LogP contribution in [0.3, 0.4) is 0 Å².